The SMILES string of the molecule is Nc1c(N=Nc2ccc(N([O-])O)cc2)c(S(=O)(=O)O)cc2cc(S(=O)(=O)O)c(N=Nc3ccc(-c4ccc(N=Nc5ccc(O)cc5)cc4)cc3)c(O)c12. The highest BCUT2D eigenvalue weighted by molar-refractivity contribution is 7.86. The molecule has 0 spiro atoms. The van der Waals surface area contributed by atoms with Crippen LogP contribution in [-0.4, -0.2) is 41.4 Å². The Labute approximate surface area is 305 Å². The van der Waals surface area contributed by atoms with Crippen LogP contribution in [-0.2, 0) is 20.2 Å². The fraction of sp³-hybridized carbons (Fsp3) is 0. The smallest absolute Gasteiger partial charge is 0.296 e. The highest BCUT2D eigenvalue weighted by Gasteiger charge is 2.28. The molecule has 0 fully saturated rings. The lowest BCUT2D eigenvalue weighted by molar-refractivity contribution is 0.296. The van der Waals surface area contributed by atoms with Crippen molar-refractivity contribution in [3.63, 3.8) is 0 Å². The predicted molar refractivity (Wildman–Crippen MR) is 196 cm³/mol. The normalized spacial score (nSPS) is 12.4. The molecule has 6 aromatic rings. The predicted octanol–water partition coefficient (Wildman–Crippen LogP) is 8.93. The number of hydrogen-bond donors (Lipinski definition) is 6. The zero-order chi connectivity index (χ0) is 38.8. The van der Waals surface area contributed by atoms with Crippen LogP contribution in [0.5, 0.6) is 11.5 Å². The molecule has 0 unspecified atom stereocenters. The first-order valence-corrected chi connectivity index (χ1v) is 18.0. The molecular weight excluding hydrogens is 745 g/mol. The summed E-state index contributed by atoms with van der Waals surface area (Å²) in [7, 11) is -10.2. The van der Waals surface area contributed by atoms with Gasteiger partial charge in [0, 0.05) is 0 Å². The molecular formula is C34H25N8O10S2-. The van der Waals surface area contributed by atoms with Gasteiger partial charge in [-0.15, -0.1) is 10.2 Å². The Kier molecular flexibility index (Phi) is 10.1. The summed E-state index contributed by atoms with van der Waals surface area (Å²) in [6, 6.07) is 26.3. The van der Waals surface area contributed by atoms with Gasteiger partial charge in [0.2, 0.25) is 0 Å². The van der Waals surface area contributed by atoms with Gasteiger partial charge in [0.1, 0.15) is 26.9 Å². The molecule has 0 saturated heterocycles. The van der Waals surface area contributed by atoms with Crippen molar-refractivity contribution in [2.24, 2.45) is 30.7 Å². The van der Waals surface area contributed by atoms with Crippen molar-refractivity contribution in [2.45, 2.75) is 9.79 Å². The number of aromatic hydroxyl groups is 2. The Morgan fingerprint density at radius 3 is 1.35 bits per heavy atom. The third-order valence-corrected chi connectivity index (χ3v) is 9.40. The second-order valence-electron chi connectivity index (χ2n) is 11.3. The summed E-state index contributed by atoms with van der Waals surface area (Å²) in [4.78, 5) is -1.88. The fourth-order valence-corrected chi connectivity index (χ4v) is 6.37. The van der Waals surface area contributed by atoms with Crippen molar-refractivity contribution in [2.75, 3.05) is 11.0 Å². The van der Waals surface area contributed by atoms with Crippen LogP contribution in [0.15, 0.2) is 150 Å². The first-order valence-electron chi connectivity index (χ1n) is 15.2. The van der Waals surface area contributed by atoms with E-state index in [-0.39, 0.29) is 33.6 Å². The Morgan fingerprint density at radius 1 is 0.556 bits per heavy atom. The maximum atomic E-state index is 12.4. The number of nitrogens with two attached hydrogens (primary N) is 1. The van der Waals surface area contributed by atoms with E-state index in [4.69, 9.17) is 10.9 Å². The highest BCUT2D eigenvalue weighted by atomic mass is 32.2. The van der Waals surface area contributed by atoms with Crippen LogP contribution in [0.4, 0.5) is 45.5 Å². The Morgan fingerprint density at radius 2 is 0.926 bits per heavy atom. The average molecular weight is 770 g/mol. The number of benzene rings is 6. The molecule has 6 aromatic carbocycles. The maximum Gasteiger partial charge on any atom is 0.296 e. The summed E-state index contributed by atoms with van der Waals surface area (Å²) in [6.45, 7) is 0. The molecule has 0 bridgehead atoms. The highest BCUT2D eigenvalue weighted by Crippen LogP contribution is 2.48. The van der Waals surface area contributed by atoms with Crippen LogP contribution >= 0.6 is 0 Å². The molecule has 0 saturated carbocycles. The van der Waals surface area contributed by atoms with Gasteiger partial charge in [0.25, 0.3) is 20.2 Å². The molecule has 54 heavy (non-hydrogen) atoms. The second-order valence-corrected chi connectivity index (χ2v) is 14.0. The minimum Gasteiger partial charge on any atom is -0.733 e. The number of nitrogens with zero attached hydrogens (tertiary/aromatic N) is 7. The summed E-state index contributed by atoms with van der Waals surface area (Å²) >= 11 is 0. The first kappa shape index (κ1) is 37.1. The van der Waals surface area contributed by atoms with E-state index in [0.29, 0.717) is 11.4 Å². The zero-order valence-corrected chi connectivity index (χ0v) is 28.8. The van der Waals surface area contributed by atoms with E-state index in [0.717, 1.165) is 23.3 Å². The standard InChI is InChI=1S/C34H25N8O10S2/c35-31-30-21(17-28(53(47,48)49)32(31)40-38-24-9-13-26(14-10-24)42(45)46)18-29(54(50,51)52)33(34(30)44)41-39-23-7-3-20(4-8-23)19-1-5-22(6-2-19)36-37-25-11-15-27(43)16-12-25/h1-18,43-45H,35H2,(H,47,48,49)(H,50,51,52)/q-1. The van der Waals surface area contributed by atoms with Gasteiger partial charge < -0.3 is 26.4 Å². The topological polar surface area (TPSA) is 296 Å². The molecule has 0 amide bonds. The van der Waals surface area contributed by atoms with E-state index in [1.54, 1.807) is 48.5 Å². The third kappa shape index (κ3) is 8.18. The number of azo groups is 3. The molecule has 0 heterocycles. The van der Waals surface area contributed by atoms with E-state index >= 15 is 0 Å². The number of hydrogen-bond acceptors (Lipinski definition) is 16. The van der Waals surface area contributed by atoms with Gasteiger partial charge in [-0.1, -0.05) is 24.3 Å². The lowest BCUT2D eigenvalue weighted by Gasteiger charge is -2.21. The minimum atomic E-state index is -5.12. The van der Waals surface area contributed by atoms with Crippen molar-refractivity contribution >= 4 is 76.5 Å². The second kappa shape index (κ2) is 14.7. The van der Waals surface area contributed by atoms with Crippen molar-refractivity contribution in [3.05, 3.63) is 114 Å². The molecule has 18 nitrogen and oxygen atoms in total. The number of rotatable bonds is 10. The van der Waals surface area contributed by atoms with Gasteiger partial charge in [-0.05, 0) is 101 Å². The van der Waals surface area contributed by atoms with Crippen LogP contribution < -0.4 is 11.0 Å². The number of anilines is 2. The van der Waals surface area contributed by atoms with Crippen LogP contribution in [0.1, 0.15) is 0 Å². The molecule has 0 aliphatic heterocycles. The van der Waals surface area contributed by atoms with Crippen molar-refractivity contribution in [3.8, 4) is 22.6 Å². The van der Waals surface area contributed by atoms with Crippen LogP contribution in [0.3, 0.4) is 0 Å². The zero-order valence-electron chi connectivity index (χ0n) is 27.2. The largest absolute Gasteiger partial charge is 0.733 e. The monoisotopic (exact) mass is 769 g/mol. The fourth-order valence-electron chi connectivity index (χ4n) is 5.04. The van der Waals surface area contributed by atoms with Crippen molar-refractivity contribution < 1.29 is 41.4 Å². The molecule has 0 aliphatic rings. The van der Waals surface area contributed by atoms with Gasteiger partial charge in [-0.25, -0.2) is 0 Å². The summed E-state index contributed by atoms with van der Waals surface area (Å²) in [5.74, 6) is -0.813. The number of fused-ring (bicyclic) bond motifs is 1. The Hall–Kier alpha value is -6.68. The van der Waals surface area contributed by atoms with Crippen molar-refractivity contribution in [1.29, 1.82) is 0 Å². The molecule has 6 rings (SSSR count). The summed E-state index contributed by atoms with van der Waals surface area (Å²) < 4.78 is 69.5. The average Bonchev–Trinajstić information content (AvgIpc) is 3.13. The summed E-state index contributed by atoms with van der Waals surface area (Å²) in [6.07, 6.45) is 0. The van der Waals surface area contributed by atoms with Crippen LogP contribution in [0.25, 0.3) is 21.9 Å². The molecule has 0 atom stereocenters. The lowest BCUT2D eigenvalue weighted by atomic mass is 10.0. The quantitative estimate of drug-likeness (QED) is 0.0329. The third-order valence-electron chi connectivity index (χ3n) is 7.67. The lowest BCUT2D eigenvalue weighted by Crippen LogP contribution is -2.06. The molecule has 20 heteroatoms. The van der Waals surface area contributed by atoms with E-state index in [1.807, 2.05) is 12.1 Å². The van der Waals surface area contributed by atoms with Crippen molar-refractivity contribution in [1.82, 2.24) is 0 Å². The van der Waals surface area contributed by atoms with Gasteiger partial charge in [0.05, 0.1) is 39.5 Å². The van der Waals surface area contributed by atoms with Crippen LogP contribution in [0.2, 0.25) is 0 Å². The van der Waals surface area contributed by atoms with Gasteiger partial charge in [-0.2, -0.15) is 37.3 Å². The van der Waals surface area contributed by atoms with Gasteiger partial charge >= 0.3 is 0 Å². The Bertz CT molecular complexity index is 2690. The number of nitrogen functional groups attached to an aromatic ring is 1. The van der Waals surface area contributed by atoms with E-state index in [2.05, 4.69) is 30.7 Å². The molecule has 0 radical (unpaired) electrons. The molecule has 0 aliphatic carbocycles. The van der Waals surface area contributed by atoms with E-state index in [1.165, 1.54) is 36.4 Å². The van der Waals surface area contributed by atoms with Gasteiger partial charge in [-0.3, -0.25) is 14.3 Å². The van der Waals surface area contributed by atoms with E-state index < -0.39 is 58.1 Å². The number of phenols is 2. The molecule has 0 aromatic heterocycles. The van der Waals surface area contributed by atoms with Crippen LogP contribution in [0, 0.1) is 5.21 Å². The van der Waals surface area contributed by atoms with E-state index in [9.17, 15) is 41.4 Å². The Balaban J connectivity index is 1.33. The number of phenolic OH excluding ortho intramolecular Hbond substituents is 2. The summed E-state index contributed by atoms with van der Waals surface area (Å²) in [5.41, 5.74) is 7.10. The first-order chi connectivity index (χ1) is 25.6. The maximum absolute atomic E-state index is 12.4. The van der Waals surface area contributed by atoms with Gasteiger partial charge in [0.15, 0.2) is 5.75 Å². The minimum absolute atomic E-state index is 0.0540. The molecule has 7 N–H and O–H groups in total. The molecule has 274 valence electrons. The summed E-state index contributed by atoms with van der Waals surface area (Å²) in [5, 5.41) is 63.6.